The molecule has 1 aromatic carbocycles. The van der Waals surface area contributed by atoms with E-state index < -0.39 is 28.2 Å². The van der Waals surface area contributed by atoms with Crippen LogP contribution in [-0.2, 0) is 4.79 Å². The quantitative estimate of drug-likeness (QED) is 0.597. The molecule has 2 aliphatic rings. The van der Waals surface area contributed by atoms with E-state index in [-0.39, 0.29) is 17.1 Å². The lowest BCUT2D eigenvalue weighted by molar-refractivity contribution is -0.384. The van der Waals surface area contributed by atoms with Crippen molar-refractivity contribution in [2.75, 3.05) is 23.3 Å². The molecule has 10 heteroatoms. The van der Waals surface area contributed by atoms with Gasteiger partial charge in [0.05, 0.1) is 16.6 Å². The first kappa shape index (κ1) is 18.6. The van der Waals surface area contributed by atoms with E-state index in [0.29, 0.717) is 11.5 Å². The highest BCUT2D eigenvalue weighted by molar-refractivity contribution is 5.98. The first-order valence-corrected chi connectivity index (χ1v) is 9.33. The number of carbonyl (C=O) groups is 1. The summed E-state index contributed by atoms with van der Waals surface area (Å²) in [7, 11) is 0. The minimum Gasteiger partial charge on any atom is -0.342 e. The number of amides is 1. The summed E-state index contributed by atoms with van der Waals surface area (Å²) in [6.07, 6.45) is 3.08. The van der Waals surface area contributed by atoms with Gasteiger partial charge >= 0.3 is 0 Å². The highest BCUT2D eigenvalue weighted by Crippen LogP contribution is 2.39. The molecule has 0 spiro atoms. The van der Waals surface area contributed by atoms with Gasteiger partial charge in [-0.25, -0.2) is 0 Å². The molecule has 1 saturated heterocycles. The van der Waals surface area contributed by atoms with Crippen molar-refractivity contribution in [1.29, 1.82) is 5.26 Å². The number of hydrogen-bond donors (Lipinski definition) is 2. The van der Waals surface area contributed by atoms with E-state index in [1.165, 1.54) is 18.2 Å². The fraction of sp³-hybridized carbons (Fsp3) is 0.368. The number of hydrogen-bond acceptors (Lipinski definition) is 7. The van der Waals surface area contributed by atoms with Crippen molar-refractivity contribution < 1.29 is 9.72 Å². The van der Waals surface area contributed by atoms with Crippen LogP contribution in [0.3, 0.4) is 0 Å². The first-order valence-electron chi connectivity index (χ1n) is 9.33. The molecular weight excluding hydrogens is 376 g/mol. The lowest BCUT2D eigenvalue weighted by atomic mass is 9.79. The molecule has 2 unspecified atom stereocenters. The molecule has 29 heavy (non-hydrogen) atoms. The van der Waals surface area contributed by atoms with Crippen molar-refractivity contribution in [2.45, 2.75) is 25.2 Å². The minimum absolute atomic E-state index is 0.0994. The van der Waals surface area contributed by atoms with Crippen LogP contribution < -0.4 is 15.8 Å². The number of nitro benzene ring substituents is 1. The average molecular weight is 394 g/mol. The highest BCUT2D eigenvalue weighted by Gasteiger charge is 2.40. The molecule has 3 heterocycles. The van der Waals surface area contributed by atoms with Gasteiger partial charge in [-0.05, 0) is 24.8 Å². The normalized spacial score (nSPS) is 21.1. The third-order valence-electron chi connectivity index (χ3n) is 5.35. The van der Waals surface area contributed by atoms with Crippen LogP contribution >= 0.6 is 0 Å². The van der Waals surface area contributed by atoms with Crippen molar-refractivity contribution in [2.24, 2.45) is 5.92 Å². The molecule has 2 aromatic rings. The molecule has 0 radical (unpaired) electrons. The van der Waals surface area contributed by atoms with E-state index in [0.717, 1.165) is 32.4 Å². The topological polar surface area (TPSA) is 145 Å². The fourth-order valence-corrected chi connectivity index (χ4v) is 3.95. The number of aromatic nitrogens is 2. The van der Waals surface area contributed by atoms with E-state index >= 15 is 0 Å². The molecule has 0 aliphatic carbocycles. The third kappa shape index (κ3) is 3.31. The Labute approximate surface area is 165 Å². The Morgan fingerprint density at radius 3 is 2.69 bits per heavy atom. The summed E-state index contributed by atoms with van der Waals surface area (Å²) >= 11 is 0. The van der Waals surface area contributed by atoms with Crippen molar-refractivity contribution >= 4 is 23.4 Å². The molecule has 2 N–H and O–H groups in total. The number of aromatic amines is 1. The van der Waals surface area contributed by atoms with Crippen LogP contribution in [0.2, 0.25) is 0 Å². The van der Waals surface area contributed by atoms with Gasteiger partial charge in [0.1, 0.15) is 11.7 Å². The smallest absolute Gasteiger partial charge is 0.269 e. The number of benzene rings is 1. The second-order valence-electron chi connectivity index (χ2n) is 7.13. The number of nitriles is 1. The molecule has 1 amide bonds. The molecule has 0 bridgehead atoms. The van der Waals surface area contributed by atoms with Crippen LogP contribution in [0.25, 0.3) is 0 Å². The second-order valence-corrected chi connectivity index (χ2v) is 7.13. The lowest BCUT2D eigenvalue weighted by Crippen LogP contribution is -2.40. The molecule has 4 rings (SSSR count). The molecule has 1 aromatic heterocycles. The maximum absolute atomic E-state index is 13.0. The van der Waals surface area contributed by atoms with Crippen LogP contribution in [0, 0.1) is 27.4 Å². The van der Waals surface area contributed by atoms with Gasteiger partial charge in [-0.15, -0.1) is 0 Å². The van der Waals surface area contributed by atoms with Crippen LogP contribution in [-0.4, -0.2) is 33.9 Å². The summed E-state index contributed by atoms with van der Waals surface area (Å²) in [6, 6.07) is 7.57. The van der Waals surface area contributed by atoms with E-state index in [9.17, 15) is 25.0 Å². The highest BCUT2D eigenvalue weighted by atomic mass is 16.6. The molecule has 1 fully saturated rings. The van der Waals surface area contributed by atoms with E-state index in [1.807, 2.05) is 11.0 Å². The number of non-ortho nitro benzene ring substituents is 1. The van der Waals surface area contributed by atoms with Gasteiger partial charge in [-0.1, -0.05) is 12.1 Å². The SMILES string of the molecule is N#CC1C(=O)Nc2nc(N3CCCCC3)[nH]c(=O)c2C1c1cccc([N+](=O)[O-])c1. The van der Waals surface area contributed by atoms with Gasteiger partial charge in [-0.2, -0.15) is 10.2 Å². The standard InChI is InChI=1S/C19H18N6O4/c20-10-13-14(11-5-4-6-12(9-11)25(28)29)15-16(21-17(13)26)22-19(23-18(15)27)24-7-2-1-3-8-24/h4-6,9,13-14H,1-3,7-8H2,(H2,21,22,23,26,27). The van der Waals surface area contributed by atoms with Crippen LogP contribution in [0.15, 0.2) is 29.1 Å². The lowest BCUT2D eigenvalue weighted by Gasteiger charge is -2.31. The number of nitrogens with zero attached hydrogens (tertiary/aromatic N) is 4. The summed E-state index contributed by atoms with van der Waals surface area (Å²) in [6.45, 7) is 1.51. The van der Waals surface area contributed by atoms with Crippen LogP contribution in [0.5, 0.6) is 0 Å². The summed E-state index contributed by atoms with van der Waals surface area (Å²) in [5.41, 5.74) is -0.161. The number of nitrogens with one attached hydrogen (secondary N) is 2. The van der Waals surface area contributed by atoms with Gasteiger partial charge in [0, 0.05) is 31.1 Å². The zero-order chi connectivity index (χ0) is 20.5. The maximum Gasteiger partial charge on any atom is 0.269 e. The Kier molecular flexibility index (Phi) is 4.72. The molecule has 10 nitrogen and oxygen atoms in total. The summed E-state index contributed by atoms with van der Waals surface area (Å²) in [4.78, 5) is 45.3. The number of H-pyrrole nitrogens is 1. The molecule has 2 aliphatic heterocycles. The minimum atomic E-state index is -1.20. The van der Waals surface area contributed by atoms with Gasteiger partial charge in [-0.3, -0.25) is 24.7 Å². The number of fused-ring (bicyclic) bond motifs is 1. The predicted molar refractivity (Wildman–Crippen MR) is 104 cm³/mol. The summed E-state index contributed by atoms with van der Waals surface area (Å²) < 4.78 is 0. The van der Waals surface area contributed by atoms with Crippen molar-refractivity contribution in [3.63, 3.8) is 0 Å². The van der Waals surface area contributed by atoms with Crippen molar-refractivity contribution in [3.8, 4) is 6.07 Å². The van der Waals surface area contributed by atoms with E-state index in [2.05, 4.69) is 15.3 Å². The third-order valence-corrected chi connectivity index (χ3v) is 5.35. The maximum atomic E-state index is 13.0. The van der Waals surface area contributed by atoms with Gasteiger partial charge < -0.3 is 10.2 Å². The van der Waals surface area contributed by atoms with E-state index in [1.54, 1.807) is 6.07 Å². The van der Waals surface area contributed by atoms with Gasteiger partial charge in [0.2, 0.25) is 11.9 Å². The molecule has 2 atom stereocenters. The Bertz CT molecular complexity index is 1080. The van der Waals surface area contributed by atoms with Gasteiger partial charge in [0.15, 0.2) is 0 Å². The first-order chi connectivity index (χ1) is 14.0. The van der Waals surface area contributed by atoms with Crippen LogP contribution in [0.4, 0.5) is 17.5 Å². The van der Waals surface area contributed by atoms with Crippen molar-refractivity contribution in [1.82, 2.24) is 9.97 Å². The number of anilines is 2. The number of carbonyl (C=O) groups excluding carboxylic acids is 1. The largest absolute Gasteiger partial charge is 0.342 e. The molecular formula is C19H18N6O4. The van der Waals surface area contributed by atoms with E-state index in [4.69, 9.17) is 0 Å². The molecule has 0 saturated carbocycles. The Hall–Kier alpha value is -3.74. The second kappa shape index (κ2) is 7.35. The number of piperidine rings is 1. The van der Waals surface area contributed by atoms with Gasteiger partial charge in [0.25, 0.3) is 11.2 Å². The summed E-state index contributed by atoms with van der Waals surface area (Å²) in [5.74, 6) is -2.26. The van der Waals surface area contributed by atoms with Crippen LogP contribution in [0.1, 0.15) is 36.3 Å². The number of rotatable bonds is 3. The Morgan fingerprint density at radius 2 is 2.00 bits per heavy atom. The fourth-order valence-electron chi connectivity index (χ4n) is 3.95. The Balaban J connectivity index is 1.85. The number of nitro groups is 1. The Morgan fingerprint density at radius 1 is 1.24 bits per heavy atom. The molecule has 148 valence electrons. The average Bonchev–Trinajstić information content (AvgIpc) is 2.73. The zero-order valence-corrected chi connectivity index (χ0v) is 15.4. The van der Waals surface area contributed by atoms with Crippen molar-refractivity contribution in [3.05, 3.63) is 55.9 Å². The zero-order valence-electron chi connectivity index (χ0n) is 15.4. The predicted octanol–water partition coefficient (Wildman–Crippen LogP) is 1.89. The monoisotopic (exact) mass is 394 g/mol. The summed E-state index contributed by atoms with van der Waals surface area (Å²) in [5, 5.41) is 23.3.